The second-order valence-corrected chi connectivity index (χ2v) is 8.67. The predicted molar refractivity (Wildman–Crippen MR) is 136 cm³/mol. The molecule has 0 spiro atoms. The number of amides is 2. The molecule has 3 aromatic rings. The average Bonchev–Trinajstić information content (AvgIpc) is 2.85. The fourth-order valence-corrected chi connectivity index (χ4v) is 3.96. The van der Waals surface area contributed by atoms with E-state index in [4.69, 9.17) is 16.3 Å². The third-order valence-electron chi connectivity index (χ3n) is 5.58. The molecular formula is C28H31ClN2O3. The standard InChI is InChI=1S/C28H31ClN2O3/c1-21-13-15-25(16-14-21)34-17-7-12-27(32)31(20-23-10-6-11-24(29)18-23)26(28(33)30-2)19-22-8-4-3-5-9-22/h3-6,8-11,13-16,18,26H,7,12,17,19-20H2,1-2H3,(H,30,33)/t26-/m1/s1. The first kappa shape index (κ1) is 25.3. The summed E-state index contributed by atoms with van der Waals surface area (Å²) in [7, 11) is 1.60. The first-order valence-corrected chi connectivity index (χ1v) is 11.8. The molecule has 2 amide bonds. The van der Waals surface area contributed by atoms with Crippen LogP contribution in [0, 0.1) is 6.92 Å². The number of nitrogens with zero attached hydrogens (tertiary/aromatic N) is 1. The van der Waals surface area contributed by atoms with Crippen molar-refractivity contribution in [3.05, 3.63) is 101 Å². The minimum Gasteiger partial charge on any atom is -0.494 e. The Morgan fingerprint density at radius 2 is 1.68 bits per heavy atom. The van der Waals surface area contributed by atoms with Crippen LogP contribution in [0.3, 0.4) is 0 Å². The highest BCUT2D eigenvalue weighted by Crippen LogP contribution is 2.19. The Hall–Kier alpha value is -3.31. The maximum atomic E-state index is 13.4. The van der Waals surface area contributed by atoms with Crippen LogP contribution in [-0.2, 0) is 22.6 Å². The number of nitrogens with one attached hydrogen (secondary N) is 1. The second kappa shape index (κ2) is 12.8. The molecule has 0 aromatic heterocycles. The molecule has 1 atom stereocenters. The highest BCUT2D eigenvalue weighted by Gasteiger charge is 2.29. The average molecular weight is 479 g/mol. The molecule has 0 aliphatic rings. The Balaban J connectivity index is 1.74. The predicted octanol–water partition coefficient (Wildman–Crippen LogP) is 5.19. The lowest BCUT2D eigenvalue weighted by atomic mass is 10.0. The van der Waals surface area contributed by atoms with Gasteiger partial charge in [0.1, 0.15) is 11.8 Å². The van der Waals surface area contributed by atoms with Crippen LogP contribution in [0.2, 0.25) is 5.02 Å². The van der Waals surface area contributed by atoms with Gasteiger partial charge in [0.2, 0.25) is 11.8 Å². The zero-order valence-electron chi connectivity index (χ0n) is 19.7. The van der Waals surface area contributed by atoms with Gasteiger partial charge in [-0.15, -0.1) is 0 Å². The van der Waals surface area contributed by atoms with Gasteiger partial charge in [-0.25, -0.2) is 0 Å². The van der Waals surface area contributed by atoms with Crippen molar-refractivity contribution in [3.8, 4) is 5.75 Å². The van der Waals surface area contributed by atoms with Gasteiger partial charge in [0, 0.05) is 31.5 Å². The second-order valence-electron chi connectivity index (χ2n) is 8.24. The summed E-state index contributed by atoms with van der Waals surface area (Å²) >= 11 is 6.18. The van der Waals surface area contributed by atoms with Gasteiger partial charge in [-0.2, -0.15) is 0 Å². The van der Waals surface area contributed by atoms with E-state index in [0.29, 0.717) is 31.0 Å². The summed E-state index contributed by atoms with van der Waals surface area (Å²) in [6.45, 7) is 2.74. The van der Waals surface area contributed by atoms with E-state index in [0.717, 1.165) is 22.4 Å². The van der Waals surface area contributed by atoms with Gasteiger partial charge < -0.3 is 15.0 Å². The summed E-state index contributed by atoms with van der Waals surface area (Å²) in [5.74, 6) is 0.480. The van der Waals surface area contributed by atoms with Crippen LogP contribution in [0.4, 0.5) is 0 Å². The minimum atomic E-state index is -0.642. The van der Waals surface area contributed by atoms with Crippen LogP contribution in [0.15, 0.2) is 78.9 Å². The van der Waals surface area contributed by atoms with Crippen molar-refractivity contribution in [3.63, 3.8) is 0 Å². The van der Waals surface area contributed by atoms with Crippen molar-refractivity contribution in [2.75, 3.05) is 13.7 Å². The normalized spacial score (nSPS) is 11.5. The van der Waals surface area contributed by atoms with E-state index in [1.807, 2.05) is 79.7 Å². The molecular weight excluding hydrogens is 448 g/mol. The van der Waals surface area contributed by atoms with Gasteiger partial charge in [0.05, 0.1) is 6.61 Å². The Labute approximate surface area is 206 Å². The molecule has 0 bridgehead atoms. The van der Waals surface area contributed by atoms with Crippen molar-refractivity contribution < 1.29 is 14.3 Å². The van der Waals surface area contributed by atoms with Crippen LogP contribution in [0.1, 0.15) is 29.5 Å². The smallest absolute Gasteiger partial charge is 0.242 e. The molecule has 0 saturated heterocycles. The summed E-state index contributed by atoms with van der Waals surface area (Å²) in [5.41, 5.74) is 3.03. The van der Waals surface area contributed by atoms with Gasteiger partial charge in [-0.05, 0) is 48.7 Å². The van der Waals surface area contributed by atoms with Crippen molar-refractivity contribution in [1.29, 1.82) is 0 Å². The van der Waals surface area contributed by atoms with Gasteiger partial charge in [0.15, 0.2) is 0 Å². The highest BCUT2D eigenvalue weighted by molar-refractivity contribution is 6.30. The monoisotopic (exact) mass is 478 g/mol. The number of carbonyl (C=O) groups is 2. The number of likely N-dealkylation sites (N-methyl/N-ethyl adjacent to an activating group) is 1. The lowest BCUT2D eigenvalue weighted by Gasteiger charge is -2.31. The van der Waals surface area contributed by atoms with E-state index < -0.39 is 6.04 Å². The molecule has 0 aliphatic heterocycles. The van der Waals surface area contributed by atoms with Crippen molar-refractivity contribution in [1.82, 2.24) is 10.2 Å². The first-order valence-electron chi connectivity index (χ1n) is 11.4. The van der Waals surface area contributed by atoms with Crippen molar-refractivity contribution in [2.24, 2.45) is 0 Å². The molecule has 0 radical (unpaired) electrons. The number of aryl methyl sites for hydroxylation is 1. The van der Waals surface area contributed by atoms with E-state index in [9.17, 15) is 9.59 Å². The Kier molecular flexibility index (Phi) is 9.53. The summed E-state index contributed by atoms with van der Waals surface area (Å²) in [6, 6.07) is 24.3. The van der Waals surface area contributed by atoms with Crippen LogP contribution in [0.25, 0.3) is 0 Å². The van der Waals surface area contributed by atoms with Gasteiger partial charge in [-0.3, -0.25) is 9.59 Å². The molecule has 6 heteroatoms. The van der Waals surface area contributed by atoms with E-state index in [1.54, 1.807) is 18.0 Å². The zero-order chi connectivity index (χ0) is 24.3. The lowest BCUT2D eigenvalue weighted by Crippen LogP contribution is -2.49. The molecule has 1 N–H and O–H groups in total. The quantitative estimate of drug-likeness (QED) is 0.386. The first-order chi connectivity index (χ1) is 16.5. The number of halogens is 1. The van der Waals surface area contributed by atoms with Gasteiger partial charge >= 0.3 is 0 Å². The molecule has 3 rings (SSSR count). The maximum absolute atomic E-state index is 13.4. The molecule has 3 aromatic carbocycles. The fraction of sp³-hybridized carbons (Fsp3) is 0.286. The highest BCUT2D eigenvalue weighted by atomic mass is 35.5. The summed E-state index contributed by atoms with van der Waals surface area (Å²) in [6.07, 6.45) is 1.24. The number of hydrogen-bond acceptors (Lipinski definition) is 3. The van der Waals surface area contributed by atoms with E-state index in [1.165, 1.54) is 0 Å². The third-order valence-corrected chi connectivity index (χ3v) is 5.82. The number of benzene rings is 3. The largest absolute Gasteiger partial charge is 0.494 e. The molecule has 178 valence electrons. The maximum Gasteiger partial charge on any atom is 0.242 e. The molecule has 5 nitrogen and oxygen atoms in total. The molecule has 0 fully saturated rings. The number of ether oxygens (including phenoxy) is 1. The van der Waals surface area contributed by atoms with Gasteiger partial charge in [0.25, 0.3) is 0 Å². The number of hydrogen-bond donors (Lipinski definition) is 1. The van der Waals surface area contributed by atoms with Crippen molar-refractivity contribution in [2.45, 2.75) is 38.8 Å². The van der Waals surface area contributed by atoms with Gasteiger partial charge in [-0.1, -0.05) is 71.8 Å². The molecule has 34 heavy (non-hydrogen) atoms. The Morgan fingerprint density at radius 1 is 0.971 bits per heavy atom. The Morgan fingerprint density at radius 3 is 2.35 bits per heavy atom. The molecule has 0 aliphatic carbocycles. The zero-order valence-corrected chi connectivity index (χ0v) is 20.4. The summed E-state index contributed by atoms with van der Waals surface area (Å²) < 4.78 is 5.78. The lowest BCUT2D eigenvalue weighted by molar-refractivity contribution is -0.141. The summed E-state index contributed by atoms with van der Waals surface area (Å²) in [4.78, 5) is 28.0. The Bertz CT molecular complexity index is 1070. The SMILES string of the molecule is CNC(=O)[C@@H](Cc1ccccc1)N(Cc1cccc(Cl)c1)C(=O)CCCOc1ccc(C)cc1. The third kappa shape index (κ3) is 7.63. The van der Waals surface area contributed by atoms with Crippen LogP contribution in [0.5, 0.6) is 5.75 Å². The summed E-state index contributed by atoms with van der Waals surface area (Å²) in [5, 5.41) is 3.32. The number of carbonyl (C=O) groups excluding carboxylic acids is 2. The van der Waals surface area contributed by atoms with Crippen LogP contribution in [-0.4, -0.2) is 36.4 Å². The molecule has 0 unspecified atom stereocenters. The minimum absolute atomic E-state index is 0.1000. The van der Waals surface area contributed by atoms with Crippen molar-refractivity contribution >= 4 is 23.4 Å². The molecule has 0 heterocycles. The van der Waals surface area contributed by atoms with E-state index in [-0.39, 0.29) is 18.2 Å². The topological polar surface area (TPSA) is 58.6 Å². The van der Waals surface area contributed by atoms with E-state index in [2.05, 4.69) is 5.32 Å². The van der Waals surface area contributed by atoms with E-state index >= 15 is 0 Å². The van der Waals surface area contributed by atoms with Crippen LogP contribution >= 0.6 is 11.6 Å². The van der Waals surface area contributed by atoms with Crippen LogP contribution < -0.4 is 10.1 Å². The fourth-order valence-electron chi connectivity index (χ4n) is 3.74. The number of rotatable bonds is 11. The molecule has 0 saturated carbocycles.